The van der Waals surface area contributed by atoms with Crippen molar-refractivity contribution in [3.63, 3.8) is 0 Å². The minimum atomic E-state index is -4.06. The van der Waals surface area contributed by atoms with E-state index in [0.29, 0.717) is 6.54 Å². The van der Waals surface area contributed by atoms with Crippen molar-refractivity contribution >= 4 is 16.0 Å². The lowest BCUT2D eigenvalue weighted by atomic mass is 9.77. The summed E-state index contributed by atoms with van der Waals surface area (Å²) in [5, 5.41) is 59.0. The van der Waals surface area contributed by atoms with Gasteiger partial charge < -0.3 is 58.9 Å². The number of sulfonamides is 1. The van der Waals surface area contributed by atoms with Gasteiger partial charge in [0.1, 0.15) is 30.0 Å². The average Bonchev–Trinajstić information content (AvgIpc) is 3.19. The molecule has 0 spiro atoms. The van der Waals surface area contributed by atoms with Crippen LogP contribution >= 0.6 is 0 Å². The van der Waals surface area contributed by atoms with Crippen LogP contribution in [0.25, 0.3) is 0 Å². The topological polar surface area (TPSA) is 214 Å². The Kier molecular flexibility index (Phi) is 16.9. The predicted molar refractivity (Wildman–Crippen MR) is 222 cm³/mol. The smallest absolute Gasteiger partial charge is 0.311 e. The fraction of sp³-hybridized carbons (Fsp3) is 0.837. The van der Waals surface area contributed by atoms with E-state index in [1.807, 2.05) is 11.8 Å². The third-order valence-corrected chi connectivity index (χ3v) is 15.3. The Labute approximate surface area is 357 Å². The quantitative estimate of drug-likeness (QED) is 0.226. The van der Waals surface area contributed by atoms with Crippen LogP contribution in [0.1, 0.15) is 94.9 Å². The number of likely N-dealkylation sites (N-methyl/N-ethyl adjacent to an activating group) is 2. The van der Waals surface area contributed by atoms with Gasteiger partial charge in [0.2, 0.25) is 10.0 Å². The van der Waals surface area contributed by atoms with Crippen molar-refractivity contribution < 1.29 is 67.2 Å². The molecule has 17 heteroatoms. The second-order valence-corrected chi connectivity index (χ2v) is 20.5. The Morgan fingerprint density at radius 3 is 2.13 bits per heavy atom. The highest BCUT2D eigenvalue weighted by Crippen LogP contribution is 2.40. The second kappa shape index (κ2) is 19.9. The van der Waals surface area contributed by atoms with Crippen LogP contribution in [-0.2, 0) is 43.2 Å². The van der Waals surface area contributed by atoms with Gasteiger partial charge >= 0.3 is 5.97 Å². The maximum Gasteiger partial charge on any atom is 0.311 e. The first-order valence-corrected chi connectivity index (χ1v) is 22.8. The van der Waals surface area contributed by atoms with Gasteiger partial charge in [0.15, 0.2) is 12.6 Å². The van der Waals surface area contributed by atoms with E-state index in [0.717, 1.165) is 4.31 Å². The molecule has 60 heavy (non-hydrogen) atoms. The third kappa shape index (κ3) is 10.9. The molecule has 0 amide bonds. The van der Waals surface area contributed by atoms with E-state index in [2.05, 4.69) is 0 Å². The van der Waals surface area contributed by atoms with Gasteiger partial charge in [0.25, 0.3) is 0 Å². The van der Waals surface area contributed by atoms with Crippen LogP contribution in [0, 0.1) is 17.8 Å². The van der Waals surface area contributed by atoms with E-state index < -0.39 is 118 Å². The summed E-state index contributed by atoms with van der Waals surface area (Å²) in [4.78, 5) is 16.3. The summed E-state index contributed by atoms with van der Waals surface area (Å²) < 4.78 is 66.3. The molecule has 3 saturated heterocycles. The van der Waals surface area contributed by atoms with E-state index in [1.165, 1.54) is 33.2 Å². The Balaban J connectivity index is 1.83. The standard InChI is InChI=1S/C43H74N2O14S/c1-14-32-43(10,51)36(47)28(6)44(11)23-24(2)21-41(8,50)38(26(4)35(27(5)39(49)57-32)58-33-22-42(9,54-13)37(48)29(7)56-33)59-40-34(46)31(20-25(3)55-40)45(12)60(52,53)30-18-16-15-17-19-30/h15-19,24-29,31-38,40,46-48,50-51H,14,20-23H2,1-13H3/t24-,25?,26+,27-,28-,29?,31?,32-,33?,34?,35+,36-,37?,38-,40?,41-,42?,43-/m1/s1. The van der Waals surface area contributed by atoms with Crippen molar-refractivity contribution in [3.8, 4) is 0 Å². The van der Waals surface area contributed by atoms with Crippen LogP contribution in [0.3, 0.4) is 0 Å². The summed E-state index contributed by atoms with van der Waals surface area (Å²) in [7, 11) is 0.617. The lowest BCUT2D eigenvalue weighted by molar-refractivity contribution is -0.317. The number of aliphatic hydroxyl groups excluding tert-OH is 3. The van der Waals surface area contributed by atoms with Crippen LogP contribution in [0.5, 0.6) is 0 Å². The maximum absolute atomic E-state index is 14.4. The number of aliphatic hydroxyl groups is 5. The molecule has 4 rings (SSSR count). The first kappa shape index (κ1) is 50.8. The van der Waals surface area contributed by atoms with Gasteiger partial charge in [0.05, 0.1) is 52.5 Å². The summed E-state index contributed by atoms with van der Waals surface area (Å²) in [6.07, 6.45) is -10.7. The number of rotatable bonds is 9. The highest BCUT2D eigenvalue weighted by Gasteiger charge is 2.53. The number of esters is 1. The maximum atomic E-state index is 14.4. The summed E-state index contributed by atoms with van der Waals surface area (Å²) in [5.74, 6) is -3.03. The first-order valence-electron chi connectivity index (χ1n) is 21.3. The number of ether oxygens (including phenoxy) is 6. The molecule has 8 unspecified atom stereocenters. The van der Waals surface area contributed by atoms with E-state index in [4.69, 9.17) is 28.4 Å². The van der Waals surface area contributed by atoms with Gasteiger partial charge in [-0.05, 0) is 92.8 Å². The van der Waals surface area contributed by atoms with Gasteiger partial charge in [-0.25, -0.2) is 8.42 Å². The highest BCUT2D eigenvalue weighted by atomic mass is 32.2. The zero-order chi connectivity index (χ0) is 45.3. The molecule has 346 valence electrons. The molecule has 0 radical (unpaired) electrons. The zero-order valence-corrected chi connectivity index (χ0v) is 38.6. The van der Waals surface area contributed by atoms with Crippen LogP contribution < -0.4 is 0 Å². The molecule has 5 N–H and O–H groups in total. The summed E-state index contributed by atoms with van der Waals surface area (Å²) >= 11 is 0. The minimum Gasteiger partial charge on any atom is -0.459 e. The van der Waals surface area contributed by atoms with Crippen molar-refractivity contribution in [1.29, 1.82) is 0 Å². The second-order valence-electron chi connectivity index (χ2n) is 18.5. The monoisotopic (exact) mass is 874 g/mol. The van der Waals surface area contributed by atoms with Crippen LogP contribution in [-0.4, -0.2) is 167 Å². The number of cyclic esters (lactones) is 1. The molecule has 16 nitrogen and oxygen atoms in total. The van der Waals surface area contributed by atoms with Crippen molar-refractivity contribution in [2.24, 2.45) is 17.8 Å². The Morgan fingerprint density at radius 2 is 1.55 bits per heavy atom. The zero-order valence-electron chi connectivity index (χ0n) is 37.8. The fourth-order valence-corrected chi connectivity index (χ4v) is 10.9. The van der Waals surface area contributed by atoms with Crippen molar-refractivity contribution in [2.45, 2.75) is 190 Å². The van der Waals surface area contributed by atoms with Crippen molar-refractivity contribution in [2.75, 3.05) is 27.7 Å². The van der Waals surface area contributed by atoms with Crippen molar-refractivity contribution in [3.05, 3.63) is 30.3 Å². The predicted octanol–water partition coefficient (Wildman–Crippen LogP) is 2.66. The number of hydrogen-bond donors (Lipinski definition) is 5. The van der Waals surface area contributed by atoms with Gasteiger partial charge in [-0.15, -0.1) is 0 Å². The molecule has 3 fully saturated rings. The summed E-state index contributed by atoms with van der Waals surface area (Å²) in [6.45, 7) is 17.3. The largest absolute Gasteiger partial charge is 0.459 e. The molecular weight excluding hydrogens is 801 g/mol. The Morgan fingerprint density at radius 1 is 0.933 bits per heavy atom. The van der Waals surface area contributed by atoms with E-state index in [-0.39, 0.29) is 36.5 Å². The molecular formula is C43H74N2O14S. The van der Waals surface area contributed by atoms with Crippen molar-refractivity contribution in [1.82, 2.24) is 9.21 Å². The minimum absolute atomic E-state index is 0.0551. The summed E-state index contributed by atoms with van der Waals surface area (Å²) in [5.41, 5.74) is -4.67. The van der Waals surface area contributed by atoms with Crippen LogP contribution in [0.2, 0.25) is 0 Å². The Bertz CT molecular complexity index is 1650. The molecule has 3 aliphatic rings. The van der Waals surface area contributed by atoms with Crippen LogP contribution in [0.4, 0.5) is 0 Å². The number of carbonyl (C=O) groups excluding carboxylic acids is 1. The van der Waals surface area contributed by atoms with Gasteiger partial charge in [-0.1, -0.05) is 39.0 Å². The molecule has 0 bridgehead atoms. The number of methoxy groups -OCH3 is 1. The number of carbonyl (C=O) groups is 1. The van der Waals surface area contributed by atoms with E-state index in [1.54, 1.807) is 80.6 Å². The number of nitrogens with zero attached hydrogens (tertiary/aromatic N) is 2. The van der Waals surface area contributed by atoms with Gasteiger partial charge in [-0.2, -0.15) is 4.31 Å². The number of hydrogen-bond acceptors (Lipinski definition) is 15. The Hall–Kier alpha value is -1.84. The van der Waals surface area contributed by atoms with E-state index >= 15 is 0 Å². The highest BCUT2D eigenvalue weighted by molar-refractivity contribution is 7.89. The number of benzene rings is 1. The molecule has 18 atom stereocenters. The molecule has 0 aliphatic carbocycles. The molecule has 3 heterocycles. The average molecular weight is 875 g/mol. The molecule has 1 aromatic carbocycles. The molecule has 1 aromatic rings. The first-order chi connectivity index (χ1) is 27.7. The lowest BCUT2D eigenvalue weighted by Gasteiger charge is -2.48. The molecule has 3 aliphatic heterocycles. The summed E-state index contributed by atoms with van der Waals surface area (Å²) in [6, 6.07) is 6.32. The van der Waals surface area contributed by atoms with E-state index in [9.17, 15) is 38.7 Å². The molecule has 0 aromatic heterocycles. The fourth-order valence-electron chi connectivity index (χ4n) is 9.52. The van der Waals surface area contributed by atoms with Gasteiger partial charge in [-0.3, -0.25) is 4.79 Å². The van der Waals surface area contributed by atoms with Gasteiger partial charge in [0, 0.05) is 39.1 Å². The molecule has 0 saturated carbocycles. The SMILES string of the molecule is CC[C@H]1OC(=O)[C@H](C)[C@@H](OC2CC(C)(OC)C(O)C(C)O2)[C@H](C)[C@@H](OC2OC(C)CC(N(C)S(=O)(=O)c3ccccc3)C2O)[C@](C)(O)C[C@@H](C)CN(C)[C@H](C)[C@@H](O)[C@]1(C)O. The lowest BCUT2D eigenvalue weighted by Crippen LogP contribution is -2.61. The normalized spacial score (nSPS) is 44.8. The van der Waals surface area contributed by atoms with Crippen LogP contribution in [0.15, 0.2) is 35.2 Å². The third-order valence-electron chi connectivity index (χ3n) is 13.4.